The predicted octanol–water partition coefficient (Wildman–Crippen LogP) is 6.85. The Balaban J connectivity index is 0.00000128. The summed E-state index contributed by atoms with van der Waals surface area (Å²) in [4.78, 5) is 36.2. The maximum absolute atomic E-state index is 12.6. The molecule has 0 radical (unpaired) electrons. The molecular formula is C39H65NO9. The molecule has 0 spiro atoms. The molecule has 1 amide bonds. The van der Waals surface area contributed by atoms with Crippen molar-refractivity contribution < 1.29 is 43.5 Å². The molecule has 0 aromatic rings. The van der Waals surface area contributed by atoms with E-state index >= 15 is 0 Å². The number of carbonyl (C=O) groups is 3. The van der Waals surface area contributed by atoms with Gasteiger partial charge in [-0.15, -0.1) is 0 Å². The highest BCUT2D eigenvalue weighted by molar-refractivity contribution is 5.86. The van der Waals surface area contributed by atoms with Crippen LogP contribution in [0.25, 0.3) is 0 Å². The zero-order valence-electron chi connectivity index (χ0n) is 31.1. The minimum absolute atomic E-state index is 0.0186. The van der Waals surface area contributed by atoms with Crippen LogP contribution in [0, 0.1) is 51.8 Å². The third-order valence-corrected chi connectivity index (χ3v) is 13.1. The van der Waals surface area contributed by atoms with Gasteiger partial charge in [-0.1, -0.05) is 65.5 Å². The molecule has 280 valence electrons. The average Bonchev–Trinajstić information content (AvgIpc) is 3.43. The van der Waals surface area contributed by atoms with Gasteiger partial charge in [0.1, 0.15) is 25.9 Å². The van der Waals surface area contributed by atoms with Crippen molar-refractivity contribution in [3.8, 4) is 0 Å². The summed E-state index contributed by atoms with van der Waals surface area (Å²) in [7, 11) is 0. The van der Waals surface area contributed by atoms with Crippen molar-refractivity contribution in [1.82, 2.24) is 5.32 Å². The summed E-state index contributed by atoms with van der Waals surface area (Å²) in [6.07, 6.45) is 14.9. The van der Waals surface area contributed by atoms with Gasteiger partial charge in [-0.3, -0.25) is 4.79 Å². The van der Waals surface area contributed by atoms with Crippen LogP contribution in [0.1, 0.15) is 112 Å². The predicted molar refractivity (Wildman–Crippen MR) is 187 cm³/mol. The number of allylic oxidation sites excluding steroid dienone is 1. The first-order valence-corrected chi connectivity index (χ1v) is 19.0. The SMILES string of the molecule is CC(C)CCC[C@@H](C)C1CC[C@H]2[C@@H]3CC=C4CC(OC(=O)NCCOCC(=O)C5(C)COC(=O)OC5)CC[C@]4(C)[C@H]3CC[C@]12C.OCCO. The lowest BCUT2D eigenvalue weighted by atomic mass is 9.47. The molecule has 0 aromatic heterocycles. The summed E-state index contributed by atoms with van der Waals surface area (Å²) in [6, 6.07) is 0. The maximum atomic E-state index is 12.6. The standard InChI is InChI=1S/C37H59NO7.C2H6O2/c1-24(2)8-7-9-25(3)29-12-13-30-28-11-10-26-20-27(14-16-36(26,5)31(28)15-17-37(29,30)6)45-33(40)38-18-19-42-21-32(39)35(4)22-43-34(41)44-23-35;3-1-2-4/h10,24-25,27-31H,7-9,11-23H2,1-6H3,(H,38,40);3-4H,1-2H2/t25-,27?,28+,29?,30+,31+,36+,37-;/m1./s1. The van der Waals surface area contributed by atoms with Crippen molar-refractivity contribution in [1.29, 1.82) is 0 Å². The molecule has 8 atom stereocenters. The molecular weight excluding hydrogens is 626 g/mol. The summed E-state index contributed by atoms with van der Waals surface area (Å²) in [5.74, 6) is 4.69. The Morgan fingerprint density at radius 1 is 0.980 bits per heavy atom. The monoisotopic (exact) mass is 691 g/mol. The summed E-state index contributed by atoms with van der Waals surface area (Å²) < 4.78 is 21.0. The highest BCUT2D eigenvalue weighted by atomic mass is 16.7. The summed E-state index contributed by atoms with van der Waals surface area (Å²) >= 11 is 0. The van der Waals surface area contributed by atoms with E-state index < -0.39 is 17.7 Å². The van der Waals surface area contributed by atoms with E-state index in [0.29, 0.717) is 5.41 Å². The lowest BCUT2D eigenvalue weighted by Gasteiger charge is -2.58. The van der Waals surface area contributed by atoms with E-state index in [0.717, 1.165) is 54.8 Å². The summed E-state index contributed by atoms with van der Waals surface area (Å²) in [6.45, 7) is 14.1. The number of ether oxygens (including phenoxy) is 4. The Morgan fingerprint density at radius 3 is 2.37 bits per heavy atom. The van der Waals surface area contributed by atoms with Gasteiger partial charge in [0.2, 0.25) is 0 Å². The third kappa shape index (κ3) is 9.39. The Hall–Kier alpha value is -2.17. The van der Waals surface area contributed by atoms with Crippen LogP contribution >= 0.6 is 0 Å². The van der Waals surface area contributed by atoms with Crippen LogP contribution in [0.15, 0.2) is 11.6 Å². The molecule has 5 rings (SSSR count). The number of carbonyl (C=O) groups excluding carboxylic acids is 3. The average molecular weight is 692 g/mol. The molecule has 3 N–H and O–H groups in total. The van der Waals surface area contributed by atoms with Crippen LogP contribution in [0.2, 0.25) is 0 Å². The number of fused-ring (bicyclic) bond motifs is 5. The lowest BCUT2D eigenvalue weighted by Crippen LogP contribution is -2.51. The summed E-state index contributed by atoms with van der Waals surface area (Å²) in [5, 5.41) is 18.0. The van der Waals surface area contributed by atoms with Crippen molar-refractivity contribution in [2.24, 2.45) is 51.8 Å². The number of ketones is 1. The number of nitrogens with one attached hydrogen (secondary N) is 1. The second-order valence-corrected chi connectivity index (χ2v) is 16.8. The number of hydrogen-bond acceptors (Lipinski definition) is 9. The number of rotatable bonds is 13. The van der Waals surface area contributed by atoms with Gasteiger partial charge in [0.05, 0.1) is 25.2 Å². The van der Waals surface area contributed by atoms with Gasteiger partial charge in [-0.25, -0.2) is 9.59 Å². The molecule has 2 unspecified atom stereocenters. The van der Waals surface area contributed by atoms with Gasteiger partial charge in [-0.2, -0.15) is 0 Å². The van der Waals surface area contributed by atoms with E-state index in [4.69, 9.17) is 29.2 Å². The molecule has 10 heteroatoms. The number of amides is 1. The van der Waals surface area contributed by atoms with Crippen LogP contribution in [-0.2, 0) is 23.7 Å². The first-order chi connectivity index (χ1) is 23.3. The van der Waals surface area contributed by atoms with E-state index in [1.54, 1.807) is 6.92 Å². The van der Waals surface area contributed by atoms with Crippen molar-refractivity contribution in [2.45, 2.75) is 118 Å². The molecule has 3 saturated carbocycles. The van der Waals surface area contributed by atoms with Gasteiger partial charge in [-0.05, 0) is 98.2 Å². The van der Waals surface area contributed by atoms with Crippen LogP contribution in [0.3, 0.4) is 0 Å². The van der Waals surface area contributed by atoms with E-state index in [9.17, 15) is 14.4 Å². The first-order valence-electron chi connectivity index (χ1n) is 19.0. The lowest BCUT2D eigenvalue weighted by molar-refractivity contribution is -0.143. The third-order valence-electron chi connectivity index (χ3n) is 13.1. The molecule has 4 fully saturated rings. The zero-order chi connectivity index (χ0) is 35.8. The first kappa shape index (κ1) is 39.6. The molecule has 1 heterocycles. The van der Waals surface area contributed by atoms with Crippen LogP contribution in [-0.4, -0.2) is 80.5 Å². The van der Waals surface area contributed by atoms with E-state index in [2.05, 4.69) is 46.0 Å². The fraction of sp³-hybridized carbons (Fsp3) is 0.872. The molecule has 4 aliphatic carbocycles. The normalized spacial score (nSPS) is 33.7. The number of aliphatic hydroxyl groups is 2. The maximum Gasteiger partial charge on any atom is 0.508 e. The zero-order valence-corrected chi connectivity index (χ0v) is 31.1. The van der Waals surface area contributed by atoms with Crippen LogP contribution in [0.5, 0.6) is 0 Å². The van der Waals surface area contributed by atoms with Gasteiger partial charge in [0.25, 0.3) is 0 Å². The fourth-order valence-electron chi connectivity index (χ4n) is 10.2. The minimum atomic E-state index is -0.911. The molecule has 5 aliphatic rings. The highest BCUT2D eigenvalue weighted by Gasteiger charge is 2.59. The Bertz CT molecular complexity index is 1140. The number of aliphatic hydroxyl groups excluding tert-OH is 2. The molecule has 0 bridgehead atoms. The van der Waals surface area contributed by atoms with Gasteiger partial charge in [0, 0.05) is 13.0 Å². The Morgan fingerprint density at radius 2 is 1.69 bits per heavy atom. The fourth-order valence-corrected chi connectivity index (χ4v) is 10.2. The molecule has 10 nitrogen and oxygen atoms in total. The number of alkyl carbamates (subject to hydrolysis) is 1. The quantitative estimate of drug-likeness (QED) is 0.107. The molecule has 49 heavy (non-hydrogen) atoms. The van der Waals surface area contributed by atoms with Gasteiger partial charge in [0.15, 0.2) is 5.78 Å². The smallest absolute Gasteiger partial charge is 0.446 e. The minimum Gasteiger partial charge on any atom is -0.446 e. The highest BCUT2D eigenvalue weighted by Crippen LogP contribution is 2.67. The van der Waals surface area contributed by atoms with Crippen LogP contribution < -0.4 is 5.32 Å². The second-order valence-electron chi connectivity index (χ2n) is 16.8. The van der Waals surface area contributed by atoms with E-state index in [-0.39, 0.29) is 63.5 Å². The van der Waals surface area contributed by atoms with Crippen molar-refractivity contribution in [2.75, 3.05) is 46.2 Å². The van der Waals surface area contributed by atoms with E-state index in [1.165, 1.54) is 56.9 Å². The topological polar surface area (TPSA) is 141 Å². The van der Waals surface area contributed by atoms with Crippen molar-refractivity contribution in [3.05, 3.63) is 11.6 Å². The number of hydrogen-bond donors (Lipinski definition) is 3. The molecule has 1 aliphatic heterocycles. The second kappa shape index (κ2) is 17.4. The number of cyclic esters (lactones) is 2. The van der Waals surface area contributed by atoms with Crippen molar-refractivity contribution >= 4 is 18.0 Å². The number of Topliss-reactive ketones (excluding diaryl/α,β-unsaturated/α-hetero) is 1. The Kier molecular flexibility index (Phi) is 14.0. The van der Waals surface area contributed by atoms with Gasteiger partial charge >= 0.3 is 12.2 Å². The van der Waals surface area contributed by atoms with Gasteiger partial charge < -0.3 is 34.5 Å². The van der Waals surface area contributed by atoms with E-state index in [1.807, 2.05) is 0 Å². The van der Waals surface area contributed by atoms with Crippen LogP contribution in [0.4, 0.5) is 9.59 Å². The van der Waals surface area contributed by atoms with Crippen molar-refractivity contribution in [3.63, 3.8) is 0 Å². The summed E-state index contributed by atoms with van der Waals surface area (Å²) in [5.41, 5.74) is 1.32. The molecule has 1 saturated heterocycles. The largest absolute Gasteiger partial charge is 0.508 e. The molecule has 0 aromatic carbocycles. The Labute approximate surface area is 294 Å².